The molecule has 2 rings (SSSR count). The Morgan fingerprint density at radius 1 is 1.30 bits per heavy atom. The minimum absolute atomic E-state index is 0.0914. The predicted octanol–water partition coefficient (Wildman–Crippen LogP) is 3.33. The van der Waals surface area contributed by atoms with Gasteiger partial charge in [0, 0.05) is 6.92 Å². The van der Waals surface area contributed by atoms with E-state index in [-0.39, 0.29) is 28.9 Å². The molecule has 0 aliphatic carbocycles. The van der Waals surface area contributed by atoms with E-state index in [1.165, 1.54) is 31.2 Å². The molecular formula is C14H12FNO3S. The highest BCUT2D eigenvalue weighted by atomic mass is 32.1. The van der Waals surface area contributed by atoms with Crippen LogP contribution in [0.25, 0.3) is 10.4 Å². The van der Waals surface area contributed by atoms with Gasteiger partial charge in [0.25, 0.3) is 0 Å². The monoisotopic (exact) mass is 293 g/mol. The molecule has 0 aliphatic rings. The Balaban J connectivity index is 2.52. The summed E-state index contributed by atoms with van der Waals surface area (Å²) in [5.74, 6) is -1.19. The van der Waals surface area contributed by atoms with Crippen LogP contribution in [0.4, 0.5) is 4.39 Å². The number of hydrogen-bond donors (Lipinski definition) is 0. The molecule has 2 aromatic rings. The molecule has 1 aromatic carbocycles. The van der Waals surface area contributed by atoms with E-state index in [4.69, 9.17) is 4.74 Å². The number of aromatic nitrogens is 1. The Kier molecular flexibility index (Phi) is 4.24. The molecule has 0 bridgehead atoms. The number of rotatable bonds is 4. The number of nitrogens with zero attached hydrogens (tertiary/aromatic N) is 1. The van der Waals surface area contributed by atoms with Gasteiger partial charge >= 0.3 is 5.97 Å². The van der Waals surface area contributed by atoms with Crippen LogP contribution in [0.1, 0.15) is 34.1 Å². The molecule has 0 saturated carbocycles. The molecule has 1 aromatic heterocycles. The van der Waals surface area contributed by atoms with Gasteiger partial charge in [0.2, 0.25) is 0 Å². The second kappa shape index (κ2) is 5.92. The van der Waals surface area contributed by atoms with Crippen molar-refractivity contribution >= 4 is 23.1 Å². The smallest absolute Gasteiger partial charge is 0.358 e. The number of thiazole rings is 1. The molecule has 0 spiro atoms. The third-order valence-corrected chi connectivity index (χ3v) is 3.71. The number of ketones is 1. The Bertz CT molecular complexity index is 649. The summed E-state index contributed by atoms with van der Waals surface area (Å²) in [5, 5.41) is 0.229. The van der Waals surface area contributed by atoms with Crippen molar-refractivity contribution in [2.45, 2.75) is 13.8 Å². The SMILES string of the molecule is CCOC(=O)c1nc(C(C)=O)sc1-c1ccc(F)cc1. The highest BCUT2D eigenvalue weighted by Crippen LogP contribution is 2.31. The van der Waals surface area contributed by atoms with Crippen LogP contribution in [0, 0.1) is 5.82 Å². The number of halogens is 1. The fraction of sp³-hybridized carbons (Fsp3) is 0.214. The fourth-order valence-corrected chi connectivity index (χ4v) is 2.56. The standard InChI is InChI=1S/C14H12FNO3S/c1-3-19-14(18)11-12(20-13(16-11)8(2)17)9-4-6-10(15)7-5-9/h4-7H,3H2,1-2H3. The highest BCUT2D eigenvalue weighted by molar-refractivity contribution is 7.17. The number of benzene rings is 1. The lowest BCUT2D eigenvalue weighted by molar-refractivity contribution is 0.0521. The van der Waals surface area contributed by atoms with Crippen molar-refractivity contribution in [3.63, 3.8) is 0 Å². The fourth-order valence-electron chi connectivity index (χ4n) is 1.61. The molecule has 0 radical (unpaired) electrons. The third kappa shape index (κ3) is 2.91. The van der Waals surface area contributed by atoms with Crippen LogP contribution in [-0.4, -0.2) is 23.3 Å². The van der Waals surface area contributed by atoms with Crippen LogP contribution in [-0.2, 0) is 4.74 Å². The van der Waals surface area contributed by atoms with Crippen molar-refractivity contribution in [3.05, 3.63) is 40.8 Å². The maximum atomic E-state index is 13.0. The predicted molar refractivity (Wildman–Crippen MR) is 73.5 cm³/mol. The zero-order valence-corrected chi connectivity index (χ0v) is 11.8. The Morgan fingerprint density at radius 3 is 2.50 bits per heavy atom. The first kappa shape index (κ1) is 14.3. The van der Waals surface area contributed by atoms with E-state index in [1.807, 2.05) is 0 Å². The van der Waals surface area contributed by atoms with Gasteiger partial charge < -0.3 is 4.74 Å². The second-order valence-corrected chi connectivity index (χ2v) is 4.98. The van der Waals surface area contributed by atoms with Gasteiger partial charge in [-0.25, -0.2) is 14.2 Å². The number of hydrogen-bond acceptors (Lipinski definition) is 5. The molecule has 20 heavy (non-hydrogen) atoms. The topological polar surface area (TPSA) is 56.3 Å². The maximum Gasteiger partial charge on any atom is 0.358 e. The zero-order chi connectivity index (χ0) is 14.7. The van der Waals surface area contributed by atoms with E-state index in [1.54, 1.807) is 6.92 Å². The van der Waals surface area contributed by atoms with Gasteiger partial charge in [0.1, 0.15) is 5.82 Å². The van der Waals surface area contributed by atoms with Gasteiger partial charge in [-0.2, -0.15) is 0 Å². The van der Waals surface area contributed by atoms with Crippen molar-refractivity contribution in [1.82, 2.24) is 4.98 Å². The van der Waals surface area contributed by atoms with Gasteiger partial charge in [-0.05, 0) is 24.6 Å². The normalized spacial score (nSPS) is 10.3. The van der Waals surface area contributed by atoms with Crippen LogP contribution < -0.4 is 0 Å². The van der Waals surface area contributed by atoms with Crippen molar-refractivity contribution in [3.8, 4) is 10.4 Å². The second-order valence-electron chi connectivity index (χ2n) is 3.98. The first-order valence-corrected chi connectivity index (χ1v) is 6.79. The molecule has 6 heteroatoms. The van der Waals surface area contributed by atoms with Crippen molar-refractivity contribution in [1.29, 1.82) is 0 Å². The zero-order valence-electron chi connectivity index (χ0n) is 11.0. The summed E-state index contributed by atoms with van der Waals surface area (Å²) in [6.07, 6.45) is 0. The van der Waals surface area contributed by atoms with Crippen LogP contribution in [0.5, 0.6) is 0 Å². The molecule has 0 unspecified atom stereocenters. The van der Waals surface area contributed by atoms with Gasteiger partial charge in [0.15, 0.2) is 16.5 Å². The highest BCUT2D eigenvalue weighted by Gasteiger charge is 2.22. The number of carbonyl (C=O) groups excluding carboxylic acids is 2. The summed E-state index contributed by atoms with van der Waals surface area (Å²) < 4.78 is 17.9. The number of Topliss-reactive ketones (excluding diaryl/α,β-unsaturated/α-hetero) is 1. The number of ether oxygens (including phenoxy) is 1. The van der Waals surface area contributed by atoms with Crippen molar-refractivity contribution < 1.29 is 18.7 Å². The summed E-state index contributed by atoms with van der Waals surface area (Å²) >= 11 is 1.10. The van der Waals surface area contributed by atoms with Crippen LogP contribution in [0.3, 0.4) is 0 Å². The van der Waals surface area contributed by atoms with E-state index in [0.29, 0.717) is 10.4 Å². The minimum atomic E-state index is -0.587. The summed E-state index contributed by atoms with van der Waals surface area (Å²) in [6, 6.07) is 5.65. The van der Waals surface area contributed by atoms with E-state index < -0.39 is 5.97 Å². The molecule has 0 amide bonds. The molecule has 0 fully saturated rings. The van der Waals surface area contributed by atoms with Gasteiger partial charge in [-0.15, -0.1) is 11.3 Å². The largest absolute Gasteiger partial charge is 0.461 e. The number of esters is 1. The lowest BCUT2D eigenvalue weighted by atomic mass is 10.1. The molecule has 0 aliphatic heterocycles. The molecule has 0 N–H and O–H groups in total. The Labute approximate surface area is 119 Å². The quantitative estimate of drug-likeness (QED) is 0.641. The maximum absolute atomic E-state index is 13.0. The van der Waals surface area contributed by atoms with E-state index >= 15 is 0 Å². The summed E-state index contributed by atoms with van der Waals surface area (Å²) in [4.78, 5) is 27.8. The third-order valence-electron chi connectivity index (χ3n) is 2.50. The lowest BCUT2D eigenvalue weighted by Gasteiger charge is -2.02. The van der Waals surface area contributed by atoms with E-state index in [9.17, 15) is 14.0 Å². The van der Waals surface area contributed by atoms with Crippen molar-refractivity contribution in [2.24, 2.45) is 0 Å². The van der Waals surface area contributed by atoms with Crippen molar-refractivity contribution in [2.75, 3.05) is 6.61 Å². The van der Waals surface area contributed by atoms with Crippen LogP contribution >= 0.6 is 11.3 Å². The molecular weight excluding hydrogens is 281 g/mol. The van der Waals surface area contributed by atoms with Crippen LogP contribution in [0.2, 0.25) is 0 Å². The average molecular weight is 293 g/mol. The molecule has 0 saturated heterocycles. The first-order valence-electron chi connectivity index (χ1n) is 5.97. The minimum Gasteiger partial charge on any atom is -0.461 e. The molecule has 0 atom stereocenters. The van der Waals surface area contributed by atoms with Gasteiger partial charge in [-0.1, -0.05) is 12.1 Å². The number of carbonyl (C=O) groups is 2. The van der Waals surface area contributed by atoms with E-state index in [0.717, 1.165) is 11.3 Å². The summed E-state index contributed by atoms with van der Waals surface area (Å²) in [6.45, 7) is 3.28. The van der Waals surface area contributed by atoms with Crippen LogP contribution in [0.15, 0.2) is 24.3 Å². The van der Waals surface area contributed by atoms with E-state index in [2.05, 4.69) is 4.98 Å². The van der Waals surface area contributed by atoms with Gasteiger partial charge in [0.05, 0.1) is 11.5 Å². The lowest BCUT2D eigenvalue weighted by Crippen LogP contribution is -2.07. The first-order chi connectivity index (χ1) is 9.52. The van der Waals surface area contributed by atoms with Gasteiger partial charge in [-0.3, -0.25) is 4.79 Å². The molecule has 1 heterocycles. The Hall–Kier alpha value is -2.08. The Morgan fingerprint density at radius 2 is 1.95 bits per heavy atom. The molecule has 104 valence electrons. The molecule has 4 nitrogen and oxygen atoms in total. The summed E-state index contributed by atoms with van der Waals surface area (Å²) in [7, 11) is 0. The average Bonchev–Trinajstić information content (AvgIpc) is 2.85. The summed E-state index contributed by atoms with van der Waals surface area (Å²) in [5.41, 5.74) is 0.716.